The minimum absolute atomic E-state index is 0.138. The number of benzene rings is 1. The second kappa shape index (κ2) is 10.6. The van der Waals surface area contributed by atoms with E-state index in [9.17, 15) is 22.8 Å². The van der Waals surface area contributed by atoms with E-state index in [-0.39, 0.29) is 33.4 Å². The van der Waals surface area contributed by atoms with E-state index in [0.29, 0.717) is 23.5 Å². The summed E-state index contributed by atoms with van der Waals surface area (Å²) in [5, 5.41) is 2.90. The second-order valence-corrected chi connectivity index (χ2v) is 10.8. The van der Waals surface area contributed by atoms with E-state index < -0.39 is 21.9 Å². The second-order valence-electron chi connectivity index (χ2n) is 7.83. The Bertz CT molecular complexity index is 1140. The molecule has 1 aliphatic heterocycles. The summed E-state index contributed by atoms with van der Waals surface area (Å²) in [6.45, 7) is 5.85. The molecule has 178 valence electrons. The Labute approximate surface area is 198 Å². The van der Waals surface area contributed by atoms with E-state index >= 15 is 0 Å². The van der Waals surface area contributed by atoms with Gasteiger partial charge in [0, 0.05) is 18.7 Å². The van der Waals surface area contributed by atoms with E-state index in [4.69, 9.17) is 4.74 Å². The van der Waals surface area contributed by atoms with Crippen molar-refractivity contribution < 1.29 is 27.5 Å². The number of ether oxygens (including phenoxy) is 1. The number of ketones is 1. The van der Waals surface area contributed by atoms with Crippen molar-refractivity contribution in [2.24, 2.45) is 0 Å². The smallest absolute Gasteiger partial charge is 0.341 e. The average molecular weight is 493 g/mol. The molecule has 33 heavy (non-hydrogen) atoms. The van der Waals surface area contributed by atoms with Gasteiger partial charge in [0.15, 0.2) is 5.78 Å². The Hall–Kier alpha value is -2.56. The van der Waals surface area contributed by atoms with Gasteiger partial charge in [-0.15, -0.1) is 11.3 Å². The van der Waals surface area contributed by atoms with Crippen LogP contribution in [-0.2, 0) is 14.8 Å². The van der Waals surface area contributed by atoms with E-state index in [0.717, 1.165) is 37.0 Å². The SMILES string of the molecule is CCOC(=O)c1c(NC(=O)c2ccc(S(=O)(=O)N3CCCCCC3)cc2)sc(C(C)=O)c1C. The van der Waals surface area contributed by atoms with Crippen LogP contribution in [0.2, 0.25) is 0 Å². The molecule has 2 aromatic rings. The molecule has 0 aliphatic carbocycles. The van der Waals surface area contributed by atoms with Crippen molar-refractivity contribution in [3.05, 3.63) is 45.8 Å². The number of amides is 1. The zero-order chi connectivity index (χ0) is 24.2. The van der Waals surface area contributed by atoms with Crippen LogP contribution in [0, 0.1) is 6.92 Å². The monoisotopic (exact) mass is 492 g/mol. The van der Waals surface area contributed by atoms with Crippen LogP contribution in [-0.4, -0.2) is 50.1 Å². The van der Waals surface area contributed by atoms with Gasteiger partial charge in [-0.2, -0.15) is 4.31 Å². The number of hydrogen-bond acceptors (Lipinski definition) is 7. The molecule has 1 aliphatic rings. The Morgan fingerprint density at radius 3 is 2.21 bits per heavy atom. The van der Waals surface area contributed by atoms with Gasteiger partial charge < -0.3 is 10.1 Å². The van der Waals surface area contributed by atoms with Crippen LogP contribution in [0.15, 0.2) is 29.2 Å². The normalized spacial score (nSPS) is 15.0. The fraction of sp³-hybridized carbons (Fsp3) is 0.435. The molecule has 3 rings (SSSR count). The fourth-order valence-electron chi connectivity index (χ4n) is 3.77. The molecule has 10 heteroatoms. The summed E-state index contributed by atoms with van der Waals surface area (Å²) in [6.07, 6.45) is 3.72. The fourth-order valence-corrected chi connectivity index (χ4v) is 6.37. The summed E-state index contributed by atoms with van der Waals surface area (Å²) in [4.78, 5) is 37.7. The lowest BCUT2D eigenvalue weighted by Crippen LogP contribution is -2.31. The van der Waals surface area contributed by atoms with Crippen molar-refractivity contribution in [2.75, 3.05) is 25.0 Å². The summed E-state index contributed by atoms with van der Waals surface area (Å²) in [5.74, 6) is -1.35. The summed E-state index contributed by atoms with van der Waals surface area (Å²) in [7, 11) is -3.62. The number of Topliss-reactive ketones (excluding diaryl/α,β-unsaturated/α-hetero) is 1. The van der Waals surface area contributed by atoms with Gasteiger partial charge in [-0.3, -0.25) is 9.59 Å². The van der Waals surface area contributed by atoms with Gasteiger partial charge in [0.05, 0.1) is 21.9 Å². The van der Waals surface area contributed by atoms with Crippen LogP contribution < -0.4 is 5.32 Å². The van der Waals surface area contributed by atoms with Crippen LogP contribution in [0.4, 0.5) is 5.00 Å². The van der Waals surface area contributed by atoms with Gasteiger partial charge in [0.2, 0.25) is 10.0 Å². The van der Waals surface area contributed by atoms with Gasteiger partial charge in [0.25, 0.3) is 5.91 Å². The van der Waals surface area contributed by atoms with Crippen LogP contribution in [0.5, 0.6) is 0 Å². The molecular weight excluding hydrogens is 464 g/mol. The summed E-state index contributed by atoms with van der Waals surface area (Å²) < 4.78 is 32.5. The lowest BCUT2D eigenvalue weighted by molar-refractivity contribution is 0.0527. The number of esters is 1. The predicted molar refractivity (Wildman–Crippen MR) is 127 cm³/mol. The van der Waals surface area contributed by atoms with Crippen molar-refractivity contribution >= 4 is 44.0 Å². The van der Waals surface area contributed by atoms with Crippen LogP contribution in [0.25, 0.3) is 0 Å². The maximum absolute atomic E-state index is 12.9. The highest BCUT2D eigenvalue weighted by Gasteiger charge is 2.27. The minimum atomic E-state index is -3.62. The molecule has 0 atom stereocenters. The number of thiophene rings is 1. The number of nitrogens with one attached hydrogen (secondary N) is 1. The predicted octanol–water partition coefficient (Wildman–Crippen LogP) is 4.25. The highest BCUT2D eigenvalue weighted by molar-refractivity contribution is 7.89. The van der Waals surface area contributed by atoms with E-state index in [2.05, 4.69) is 5.32 Å². The quantitative estimate of drug-likeness (QED) is 0.457. The molecule has 1 amide bonds. The third kappa shape index (κ3) is 5.51. The number of hydrogen-bond donors (Lipinski definition) is 1. The first kappa shape index (κ1) is 25.1. The summed E-state index contributed by atoms with van der Waals surface area (Å²) in [5.41, 5.74) is 0.843. The van der Waals surface area contributed by atoms with Crippen molar-refractivity contribution in [1.29, 1.82) is 0 Å². The maximum Gasteiger partial charge on any atom is 0.341 e. The molecular formula is C23H28N2O6S2. The molecule has 1 aromatic heterocycles. The summed E-state index contributed by atoms with van der Waals surface area (Å²) >= 11 is 1.01. The first-order valence-electron chi connectivity index (χ1n) is 10.9. The number of anilines is 1. The molecule has 8 nitrogen and oxygen atoms in total. The molecule has 1 aromatic carbocycles. The van der Waals surface area contributed by atoms with E-state index in [1.165, 1.54) is 35.5 Å². The molecule has 2 heterocycles. The molecule has 1 N–H and O–H groups in total. The van der Waals surface area contributed by atoms with E-state index in [1.54, 1.807) is 13.8 Å². The third-order valence-corrected chi connectivity index (χ3v) is 8.71. The topological polar surface area (TPSA) is 110 Å². The van der Waals surface area contributed by atoms with Gasteiger partial charge in [-0.1, -0.05) is 12.8 Å². The largest absolute Gasteiger partial charge is 0.462 e. The van der Waals surface area contributed by atoms with Crippen LogP contribution in [0.3, 0.4) is 0 Å². The lowest BCUT2D eigenvalue weighted by Gasteiger charge is -2.20. The molecule has 0 saturated carbocycles. The molecule has 0 bridgehead atoms. The van der Waals surface area contributed by atoms with Crippen LogP contribution in [0.1, 0.15) is 75.5 Å². The van der Waals surface area contributed by atoms with Crippen molar-refractivity contribution in [3.8, 4) is 0 Å². The molecule has 0 unspecified atom stereocenters. The first-order valence-corrected chi connectivity index (χ1v) is 13.2. The number of carbonyl (C=O) groups excluding carboxylic acids is 3. The Morgan fingerprint density at radius 2 is 1.67 bits per heavy atom. The average Bonchev–Trinajstić information content (AvgIpc) is 2.94. The number of sulfonamides is 1. The molecule has 0 radical (unpaired) electrons. The van der Waals surface area contributed by atoms with Crippen LogP contribution >= 0.6 is 11.3 Å². The standard InChI is InChI=1S/C23H28N2O6S2/c1-4-31-23(28)19-15(2)20(16(3)26)32-22(19)24-21(27)17-9-11-18(12-10-17)33(29,30)25-13-7-5-6-8-14-25/h9-12H,4-8,13-14H2,1-3H3,(H,24,27). The number of carbonyl (C=O) groups is 3. The van der Waals surface area contributed by atoms with Crippen molar-refractivity contribution in [2.45, 2.75) is 51.3 Å². The Morgan fingerprint density at radius 1 is 1.06 bits per heavy atom. The molecule has 1 fully saturated rings. The summed E-state index contributed by atoms with van der Waals surface area (Å²) in [6, 6.07) is 5.72. The Balaban J connectivity index is 1.83. The lowest BCUT2D eigenvalue weighted by atomic mass is 10.1. The zero-order valence-corrected chi connectivity index (χ0v) is 20.6. The van der Waals surface area contributed by atoms with Gasteiger partial charge >= 0.3 is 5.97 Å². The first-order chi connectivity index (χ1) is 15.7. The van der Waals surface area contributed by atoms with Gasteiger partial charge in [-0.05, 0) is 63.4 Å². The third-order valence-electron chi connectivity index (χ3n) is 5.49. The van der Waals surface area contributed by atoms with Crippen molar-refractivity contribution in [3.63, 3.8) is 0 Å². The molecule has 1 saturated heterocycles. The van der Waals surface area contributed by atoms with E-state index in [1.807, 2.05) is 0 Å². The number of nitrogens with zero attached hydrogens (tertiary/aromatic N) is 1. The Kier molecular flexibility index (Phi) is 8.04. The van der Waals surface area contributed by atoms with Crippen molar-refractivity contribution in [1.82, 2.24) is 4.31 Å². The number of rotatable bonds is 7. The highest BCUT2D eigenvalue weighted by atomic mass is 32.2. The minimum Gasteiger partial charge on any atom is -0.462 e. The zero-order valence-electron chi connectivity index (χ0n) is 19.0. The maximum atomic E-state index is 12.9. The van der Waals surface area contributed by atoms with Gasteiger partial charge in [-0.25, -0.2) is 13.2 Å². The van der Waals surface area contributed by atoms with Gasteiger partial charge in [0.1, 0.15) is 5.00 Å². The highest BCUT2D eigenvalue weighted by Crippen LogP contribution is 2.34. The molecule has 0 spiro atoms.